The highest BCUT2D eigenvalue weighted by atomic mass is 35.5. The Morgan fingerprint density at radius 2 is 2.04 bits per heavy atom. The van der Waals surface area contributed by atoms with E-state index in [0.717, 1.165) is 29.8 Å². The van der Waals surface area contributed by atoms with Crippen LogP contribution < -0.4 is 4.90 Å². The van der Waals surface area contributed by atoms with Gasteiger partial charge in [0.1, 0.15) is 0 Å². The SMILES string of the molecule is Clc1cccc(-c2noc(CSc3nnc(N4CCCC4)n3C3CC3)n2)c1. The van der Waals surface area contributed by atoms with E-state index in [1.54, 1.807) is 11.8 Å². The van der Waals surface area contributed by atoms with Crippen molar-refractivity contribution in [2.45, 2.75) is 42.6 Å². The van der Waals surface area contributed by atoms with Gasteiger partial charge in [-0.15, -0.1) is 10.2 Å². The highest BCUT2D eigenvalue weighted by molar-refractivity contribution is 7.98. The van der Waals surface area contributed by atoms with Gasteiger partial charge in [0.05, 0.1) is 5.75 Å². The van der Waals surface area contributed by atoms with E-state index in [-0.39, 0.29) is 0 Å². The van der Waals surface area contributed by atoms with Crippen LogP contribution in [0.4, 0.5) is 5.95 Å². The number of anilines is 1. The van der Waals surface area contributed by atoms with E-state index < -0.39 is 0 Å². The van der Waals surface area contributed by atoms with E-state index >= 15 is 0 Å². The van der Waals surface area contributed by atoms with Crippen LogP contribution in [-0.4, -0.2) is 38.0 Å². The van der Waals surface area contributed by atoms with Crippen molar-refractivity contribution >= 4 is 29.3 Å². The average molecular weight is 403 g/mol. The molecule has 3 aromatic rings. The summed E-state index contributed by atoms with van der Waals surface area (Å²) >= 11 is 7.64. The first-order chi connectivity index (χ1) is 13.3. The van der Waals surface area contributed by atoms with Gasteiger partial charge in [-0.25, -0.2) is 0 Å². The minimum Gasteiger partial charge on any atom is -0.341 e. The number of nitrogens with zero attached hydrogens (tertiary/aromatic N) is 6. The van der Waals surface area contributed by atoms with Gasteiger partial charge in [0.15, 0.2) is 5.16 Å². The van der Waals surface area contributed by atoms with Crippen molar-refractivity contribution in [3.8, 4) is 11.4 Å². The maximum Gasteiger partial charge on any atom is 0.237 e. The van der Waals surface area contributed by atoms with Crippen LogP contribution in [0.15, 0.2) is 33.9 Å². The molecule has 0 spiro atoms. The summed E-state index contributed by atoms with van der Waals surface area (Å²) in [6, 6.07) is 7.97. The molecule has 5 rings (SSSR count). The molecule has 0 radical (unpaired) electrons. The van der Waals surface area contributed by atoms with Gasteiger partial charge < -0.3 is 9.42 Å². The zero-order valence-corrected chi connectivity index (χ0v) is 16.3. The van der Waals surface area contributed by atoms with Crippen LogP contribution in [0.3, 0.4) is 0 Å². The first-order valence-electron chi connectivity index (χ1n) is 9.19. The second-order valence-electron chi connectivity index (χ2n) is 6.89. The molecule has 0 unspecified atom stereocenters. The van der Waals surface area contributed by atoms with Gasteiger partial charge in [-0.05, 0) is 37.8 Å². The summed E-state index contributed by atoms with van der Waals surface area (Å²) in [6.07, 6.45) is 4.86. The number of rotatable bonds is 6. The summed E-state index contributed by atoms with van der Waals surface area (Å²) < 4.78 is 7.71. The molecule has 2 aromatic heterocycles. The Kier molecular flexibility index (Phi) is 4.53. The largest absolute Gasteiger partial charge is 0.341 e. The Labute approximate surface area is 166 Å². The minimum atomic E-state index is 0.530. The molecule has 27 heavy (non-hydrogen) atoms. The van der Waals surface area contributed by atoms with Crippen molar-refractivity contribution in [3.63, 3.8) is 0 Å². The lowest BCUT2D eigenvalue weighted by Gasteiger charge is -2.17. The van der Waals surface area contributed by atoms with Gasteiger partial charge in [-0.2, -0.15) is 4.98 Å². The molecule has 1 aliphatic carbocycles. The van der Waals surface area contributed by atoms with Gasteiger partial charge in [0, 0.05) is 29.7 Å². The molecular formula is C18H19ClN6OS. The van der Waals surface area contributed by atoms with Gasteiger partial charge in [0.25, 0.3) is 0 Å². The molecule has 7 nitrogen and oxygen atoms in total. The first kappa shape index (κ1) is 17.1. The van der Waals surface area contributed by atoms with Crippen molar-refractivity contribution in [3.05, 3.63) is 35.2 Å². The Hall–Kier alpha value is -2.06. The number of hydrogen-bond donors (Lipinski definition) is 0. The Bertz CT molecular complexity index is 947. The number of thioether (sulfide) groups is 1. The lowest BCUT2D eigenvalue weighted by atomic mass is 10.2. The maximum absolute atomic E-state index is 6.04. The third-order valence-corrected chi connectivity index (χ3v) is 5.99. The van der Waals surface area contributed by atoms with E-state index in [0.29, 0.717) is 28.5 Å². The number of hydrogen-bond acceptors (Lipinski definition) is 7. The van der Waals surface area contributed by atoms with Crippen molar-refractivity contribution in [2.75, 3.05) is 18.0 Å². The molecular weight excluding hydrogens is 384 g/mol. The maximum atomic E-state index is 6.04. The fraction of sp³-hybridized carbons (Fsp3) is 0.444. The minimum absolute atomic E-state index is 0.530. The van der Waals surface area contributed by atoms with Crippen LogP contribution in [-0.2, 0) is 5.75 Å². The predicted molar refractivity (Wildman–Crippen MR) is 104 cm³/mol. The fourth-order valence-corrected chi connectivity index (χ4v) is 4.37. The highest BCUT2D eigenvalue weighted by Crippen LogP contribution is 2.41. The second kappa shape index (κ2) is 7.16. The summed E-state index contributed by atoms with van der Waals surface area (Å²) in [7, 11) is 0. The first-order valence-corrected chi connectivity index (χ1v) is 10.6. The Morgan fingerprint density at radius 3 is 2.81 bits per heavy atom. The molecule has 1 aliphatic heterocycles. The molecule has 0 bridgehead atoms. The Morgan fingerprint density at radius 1 is 1.19 bits per heavy atom. The molecule has 1 aromatic carbocycles. The molecule has 1 saturated heterocycles. The van der Waals surface area contributed by atoms with Gasteiger partial charge >= 0.3 is 0 Å². The summed E-state index contributed by atoms with van der Waals surface area (Å²) in [6.45, 7) is 2.14. The van der Waals surface area contributed by atoms with E-state index in [1.807, 2.05) is 24.3 Å². The predicted octanol–water partition coefficient (Wildman–Crippen LogP) is 4.21. The molecule has 2 fully saturated rings. The molecule has 0 N–H and O–H groups in total. The second-order valence-corrected chi connectivity index (χ2v) is 8.27. The number of aromatic nitrogens is 5. The highest BCUT2D eigenvalue weighted by Gasteiger charge is 2.32. The molecule has 0 amide bonds. The Balaban J connectivity index is 1.32. The fourth-order valence-electron chi connectivity index (χ4n) is 3.34. The standard InChI is InChI=1S/C18H19ClN6OS/c19-13-5-3-4-12(10-13)16-20-15(26-23-16)11-27-18-22-21-17(24-8-1-2-9-24)25(18)14-6-7-14/h3-5,10,14H,1-2,6-9,11H2. The summed E-state index contributed by atoms with van der Waals surface area (Å²) in [4.78, 5) is 6.83. The molecule has 2 aliphatic rings. The topological polar surface area (TPSA) is 72.9 Å². The van der Waals surface area contributed by atoms with Crippen LogP contribution in [0, 0.1) is 0 Å². The summed E-state index contributed by atoms with van der Waals surface area (Å²) in [5, 5.41) is 14.6. The third kappa shape index (κ3) is 3.55. The quantitative estimate of drug-likeness (QED) is 0.572. The lowest BCUT2D eigenvalue weighted by Crippen LogP contribution is -2.22. The van der Waals surface area contributed by atoms with Crippen LogP contribution >= 0.6 is 23.4 Å². The summed E-state index contributed by atoms with van der Waals surface area (Å²) in [5.41, 5.74) is 0.847. The van der Waals surface area contributed by atoms with E-state index in [9.17, 15) is 0 Å². The normalized spacial score (nSPS) is 17.0. The molecule has 3 heterocycles. The van der Waals surface area contributed by atoms with Crippen LogP contribution in [0.1, 0.15) is 37.6 Å². The van der Waals surface area contributed by atoms with E-state index in [4.69, 9.17) is 16.1 Å². The number of benzene rings is 1. The molecule has 9 heteroatoms. The molecule has 1 saturated carbocycles. The van der Waals surface area contributed by atoms with E-state index in [2.05, 4.69) is 29.8 Å². The van der Waals surface area contributed by atoms with Gasteiger partial charge in [-0.3, -0.25) is 4.57 Å². The van der Waals surface area contributed by atoms with Crippen LogP contribution in [0.2, 0.25) is 5.02 Å². The zero-order valence-electron chi connectivity index (χ0n) is 14.7. The van der Waals surface area contributed by atoms with Gasteiger partial charge in [0.2, 0.25) is 17.7 Å². The summed E-state index contributed by atoms with van der Waals surface area (Å²) in [5.74, 6) is 2.71. The molecule has 140 valence electrons. The lowest BCUT2D eigenvalue weighted by molar-refractivity contribution is 0.391. The molecule has 0 atom stereocenters. The van der Waals surface area contributed by atoms with Crippen molar-refractivity contribution < 1.29 is 4.52 Å². The third-order valence-electron chi connectivity index (χ3n) is 4.82. The zero-order chi connectivity index (χ0) is 18.2. The van der Waals surface area contributed by atoms with Crippen LogP contribution in [0.25, 0.3) is 11.4 Å². The van der Waals surface area contributed by atoms with Crippen molar-refractivity contribution in [1.29, 1.82) is 0 Å². The monoisotopic (exact) mass is 402 g/mol. The van der Waals surface area contributed by atoms with E-state index in [1.165, 1.54) is 25.7 Å². The van der Waals surface area contributed by atoms with Crippen LogP contribution in [0.5, 0.6) is 0 Å². The number of halogens is 1. The average Bonchev–Trinajstić information content (AvgIpc) is 3.09. The van der Waals surface area contributed by atoms with Crippen molar-refractivity contribution in [1.82, 2.24) is 24.9 Å². The van der Waals surface area contributed by atoms with Crippen molar-refractivity contribution in [2.24, 2.45) is 0 Å². The smallest absolute Gasteiger partial charge is 0.237 e. The van der Waals surface area contributed by atoms with Gasteiger partial charge in [-0.1, -0.05) is 40.7 Å².